The first-order valence-electron chi connectivity index (χ1n) is 7.18. The zero-order valence-corrected chi connectivity index (χ0v) is 14.3. The summed E-state index contributed by atoms with van der Waals surface area (Å²) < 4.78 is 6.10. The smallest absolute Gasteiger partial charge is 0.348 e. The van der Waals surface area contributed by atoms with Crippen molar-refractivity contribution in [2.24, 2.45) is 0 Å². The van der Waals surface area contributed by atoms with Gasteiger partial charge in [0.25, 0.3) is 5.91 Å². The molecule has 0 aliphatic carbocycles. The fourth-order valence-corrected chi connectivity index (χ4v) is 3.90. The predicted octanol–water partition coefficient (Wildman–Crippen LogP) is 3.48. The number of esters is 1. The van der Waals surface area contributed by atoms with Gasteiger partial charge in [0.1, 0.15) is 9.88 Å². The van der Waals surface area contributed by atoms with Crippen LogP contribution in [-0.4, -0.2) is 30.0 Å². The van der Waals surface area contributed by atoms with Crippen LogP contribution >= 0.6 is 22.7 Å². The molecule has 7 heteroatoms. The number of hydrogen-bond donors (Lipinski definition) is 1. The molecule has 0 aliphatic heterocycles. The second kappa shape index (κ2) is 7.37. The largest absolute Gasteiger partial charge is 0.451 e. The summed E-state index contributed by atoms with van der Waals surface area (Å²) in [6.07, 6.45) is 1.56. The summed E-state index contributed by atoms with van der Waals surface area (Å²) >= 11 is 2.88. The molecular weight excluding hydrogens is 344 g/mol. The summed E-state index contributed by atoms with van der Waals surface area (Å²) in [5.74, 6) is -0.868. The van der Waals surface area contributed by atoms with Crippen LogP contribution in [0.3, 0.4) is 0 Å². The van der Waals surface area contributed by atoms with E-state index in [-0.39, 0.29) is 12.5 Å². The summed E-state index contributed by atoms with van der Waals surface area (Å²) in [6, 6.07) is 11.4. The van der Waals surface area contributed by atoms with E-state index in [1.54, 1.807) is 23.5 Å². The lowest BCUT2D eigenvalue weighted by atomic mass is 10.3. The molecule has 24 heavy (non-hydrogen) atoms. The van der Waals surface area contributed by atoms with E-state index < -0.39 is 5.97 Å². The molecule has 0 aliphatic rings. The minimum atomic E-state index is -0.513. The number of fused-ring (bicyclic) bond motifs is 1. The maximum absolute atomic E-state index is 12.0. The number of benzene rings is 1. The molecule has 1 aromatic carbocycles. The summed E-state index contributed by atoms with van der Waals surface area (Å²) in [4.78, 5) is 29.3. The molecule has 1 amide bonds. The van der Waals surface area contributed by atoms with Crippen molar-refractivity contribution in [3.8, 4) is 9.88 Å². The Balaban J connectivity index is 1.67. The van der Waals surface area contributed by atoms with Gasteiger partial charge in [-0.2, -0.15) is 0 Å². The molecule has 0 fully saturated rings. The van der Waals surface area contributed by atoms with E-state index in [4.69, 9.17) is 4.74 Å². The zero-order valence-electron chi connectivity index (χ0n) is 12.7. The SMILES string of the molecule is C=CCNC(=O)COC(=O)c1ccc(-c2nc3ccccc3s2)s1. The molecule has 2 aromatic heterocycles. The van der Waals surface area contributed by atoms with Crippen LogP contribution in [0.1, 0.15) is 9.67 Å². The molecule has 0 bridgehead atoms. The average Bonchev–Trinajstić information content (AvgIpc) is 3.23. The molecule has 5 nitrogen and oxygen atoms in total. The normalized spacial score (nSPS) is 10.5. The number of ether oxygens (including phenoxy) is 1. The van der Waals surface area contributed by atoms with Gasteiger partial charge >= 0.3 is 5.97 Å². The number of carbonyl (C=O) groups is 2. The number of amides is 1. The standard InChI is InChI=1S/C17H14N2O3S2/c1-2-9-18-15(20)10-22-17(21)14-8-7-13(23-14)16-19-11-5-3-4-6-12(11)24-16/h2-8H,1,9-10H2,(H,18,20). The van der Waals surface area contributed by atoms with Crippen LogP contribution in [0.25, 0.3) is 20.1 Å². The molecule has 0 saturated carbocycles. The molecule has 0 atom stereocenters. The summed E-state index contributed by atoms with van der Waals surface area (Å²) in [6.45, 7) is 3.54. The molecule has 2 heterocycles. The summed E-state index contributed by atoms with van der Waals surface area (Å²) in [5.41, 5.74) is 0.939. The first kappa shape index (κ1) is 16.4. The molecular formula is C17H14N2O3S2. The highest BCUT2D eigenvalue weighted by atomic mass is 32.1. The highest BCUT2D eigenvalue weighted by molar-refractivity contribution is 7.26. The van der Waals surface area contributed by atoms with E-state index >= 15 is 0 Å². The number of para-hydroxylation sites is 1. The van der Waals surface area contributed by atoms with Crippen LogP contribution < -0.4 is 5.32 Å². The van der Waals surface area contributed by atoms with Gasteiger partial charge in [0, 0.05) is 6.54 Å². The number of rotatable bonds is 6. The minimum absolute atomic E-state index is 0.305. The monoisotopic (exact) mass is 358 g/mol. The third kappa shape index (κ3) is 3.69. The number of nitrogens with one attached hydrogen (secondary N) is 1. The molecule has 3 rings (SSSR count). The summed E-state index contributed by atoms with van der Waals surface area (Å²) in [5, 5.41) is 3.41. The van der Waals surface area contributed by atoms with Crippen molar-refractivity contribution in [3.05, 3.63) is 53.9 Å². The number of hydrogen-bond acceptors (Lipinski definition) is 6. The zero-order chi connectivity index (χ0) is 16.9. The number of nitrogens with zero attached hydrogens (tertiary/aromatic N) is 1. The quantitative estimate of drug-likeness (QED) is 0.541. The second-order valence-electron chi connectivity index (χ2n) is 4.82. The maximum atomic E-state index is 12.0. The molecule has 3 aromatic rings. The van der Waals surface area contributed by atoms with Gasteiger partial charge in [0.05, 0.1) is 15.1 Å². The molecule has 0 saturated heterocycles. The Hall–Kier alpha value is -2.51. The van der Waals surface area contributed by atoms with Crippen LogP contribution in [0.15, 0.2) is 49.1 Å². The average molecular weight is 358 g/mol. The fourth-order valence-electron chi connectivity index (χ4n) is 1.98. The van der Waals surface area contributed by atoms with Gasteiger partial charge in [-0.05, 0) is 24.3 Å². The predicted molar refractivity (Wildman–Crippen MR) is 96.4 cm³/mol. The van der Waals surface area contributed by atoms with E-state index in [0.717, 1.165) is 20.1 Å². The number of aromatic nitrogens is 1. The van der Waals surface area contributed by atoms with E-state index in [9.17, 15) is 9.59 Å². The van der Waals surface area contributed by atoms with Gasteiger partial charge in [-0.25, -0.2) is 9.78 Å². The molecule has 1 N–H and O–H groups in total. The van der Waals surface area contributed by atoms with Gasteiger partial charge in [-0.3, -0.25) is 4.79 Å². The highest BCUT2D eigenvalue weighted by Crippen LogP contribution is 2.34. The Bertz CT molecular complexity index is 865. The van der Waals surface area contributed by atoms with Crippen molar-refractivity contribution >= 4 is 44.8 Å². The van der Waals surface area contributed by atoms with E-state index in [1.165, 1.54) is 11.3 Å². The van der Waals surface area contributed by atoms with Crippen LogP contribution in [0.4, 0.5) is 0 Å². The van der Waals surface area contributed by atoms with Crippen molar-refractivity contribution < 1.29 is 14.3 Å². The molecule has 0 spiro atoms. The summed E-state index contributed by atoms with van der Waals surface area (Å²) in [7, 11) is 0. The Kier molecular flexibility index (Phi) is 5.02. The van der Waals surface area contributed by atoms with E-state index in [1.807, 2.05) is 30.3 Å². The van der Waals surface area contributed by atoms with Gasteiger partial charge < -0.3 is 10.1 Å². The van der Waals surface area contributed by atoms with E-state index in [2.05, 4.69) is 16.9 Å². The third-order valence-corrected chi connectivity index (χ3v) is 5.36. The third-order valence-electron chi connectivity index (χ3n) is 3.09. The van der Waals surface area contributed by atoms with Crippen LogP contribution in [0.2, 0.25) is 0 Å². The number of thiazole rings is 1. The van der Waals surface area contributed by atoms with Crippen molar-refractivity contribution in [2.45, 2.75) is 0 Å². The van der Waals surface area contributed by atoms with E-state index in [0.29, 0.717) is 11.4 Å². The Morgan fingerprint density at radius 2 is 2.04 bits per heavy atom. The van der Waals surface area contributed by atoms with Crippen molar-refractivity contribution in [3.63, 3.8) is 0 Å². The molecule has 0 unspecified atom stereocenters. The van der Waals surface area contributed by atoms with Crippen molar-refractivity contribution in [1.29, 1.82) is 0 Å². The van der Waals surface area contributed by atoms with Crippen LogP contribution in [0, 0.1) is 0 Å². The lowest BCUT2D eigenvalue weighted by Gasteiger charge is -2.03. The first-order chi connectivity index (χ1) is 11.7. The molecule has 122 valence electrons. The Morgan fingerprint density at radius 1 is 1.21 bits per heavy atom. The second-order valence-corrected chi connectivity index (χ2v) is 6.93. The number of carbonyl (C=O) groups excluding carboxylic acids is 2. The lowest BCUT2D eigenvalue weighted by Crippen LogP contribution is -2.28. The minimum Gasteiger partial charge on any atom is -0.451 e. The lowest BCUT2D eigenvalue weighted by molar-refractivity contribution is -0.124. The van der Waals surface area contributed by atoms with Crippen LogP contribution in [-0.2, 0) is 9.53 Å². The Labute approximate surface area is 146 Å². The fraction of sp³-hybridized carbons (Fsp3) is 0.118. The van der Waals surface area contributed by atoms with Crippen LogP contribution in [0.5, 0.6) is 0 Å². The molecule has 0 radical (unpaired) electrons. The first-order valence-corrected chi connectivity index (χ1v) is 8.81. The number of thiophene rings is 1. The highest BCUT2D eigenvalue weighted by Gasteiger charge is 2.15. The maximum Gasteiger partial charge on any atom is 0.348 e. The van der Waals surface area contributed by atoms with Gasteiger partial charge in [-0.1, -0.05) is 18.2 Å². The van der Waals surface area contributed by atoms with Gasteiger partial charge in [-0.15, -0.1) is 29.3 Å². The van der Waals surface area contributed by atoms with Gasteiger partial charge in [0.15, 0.2) is 6.61 Å². The van der Waals surface area contributed by atoms with Crippen molar-refractivity contribution in [2.75, 3.05) is 13.2 Å². The van der Waals surface area contributed by atoms with Crippen molar-refractivity contribution in [1.82, 2.24) is 10.3 Å². The Morgan fingerprint density at radius 3 is 2.83 bits per heavy atom. The topological polar surface area (TPSA) is 68.3 Å². The van der Waals surface area contributed by atoms with Gasteiger partial charge in [0.2, 0.25) is 0 Å².